The molecule has 6 nitrogen and oxygen atoms in total. The fourth-order valence-electron chi connectivity index (χ4n) is 1.93. The van der Waals surface area contributed by atoms with Gasteiger partial charge in [0.2, 0.25) is 0 Å². The number of halogens is 2. The van der Waals surface area contributed by atoms with Gasteiger partial charge < -0.3 is 19.6 Å². The van der Waals surface area contributed by atoms with Crippen LogP contribution in [0.15, 0.2) is 53.7 Å². The summed E-state index contributed by atoms with van der Waals surface area (Å²) in [6.07, 6.45) is 1.47. The first-order valence-corrected chi connectivity index (χ1v) is 7.79. The molecule has 1 N–H and O–H groups in total. The lowest BCUT2D eigenvalue weighted by atomic mass is 10.2. The van der Waals surface area contributed by atoms with Crippen molar-refractivity contribution in [3.8, 4) is 11.5 Å². The summed E-state index contributed by atoms with van der Waals surface area (Å²) in [6, 6.07) is 12.8. The molecule has 2 aromatic carbocycles. The number of oxime groups is 1. The van der Waals surface area contributed by atoms with Crippen molar-refractivity contribution < 1.29 is 27.9 Å². The molecule has 0 bridgehead atoms. The number of rotatable bonds is 9. The first kappa shape index (κ1) is 19.2. The number of hydrogen-bond acceptors (Lipinski definition) is 5. The minimum Gasteiger partial charge on any atom is -0.494 e. The predicted octanol–water partition coefficient (Wildman–Crippen LogP) is 3.68. The summed E-state index contributed by atoms with van der Waals surface area (Å²) in [5.74, 6) is 0.334. The van der Waals surface area contributed by atoms with Gasteiger partial charge in [-0.15, -0.1) is 0 Å². The van der Waals surface area contributed by atoms with Gasteiger partial charge in [-0.1, -0.05) is 5.16 Å². The van der Waals surface area contributed by atoms with Gasteiger partial charge in [-0.3, -0.25) is 4.79 Å². The van der Waals surface area contributed by atoms with Crippen molar-refractivity contribution in [1.82, 2.24) is 0 Å². The highest BCUT2D eigenvalue weighted by Gasteiger charge is 2.06. The lowest BCUT2D eigenvalue weighted by molar-refractivity contribution is -0.120. The molecular formula is C18H18F2N2O4. The number of carbonyl (C=O) groups excluding carboxylic acids is 1. The zero-order chi connectivity index (χ0) is 18.8. The van der Waals surface area contributed by atoms with Crippen LogP contribution >= 0.6 is 0 Å². The highest BCUT2D eigenvalue weighted by Crippen LogP contribution is 2.17. The van der Waals surface area contributed by atoms with E-state index in [9.17, 15) is 13.6 Å². The maximum Gasteiger partial charge on any atom is 0.387 e. The third kappa shape index (κ3) is 6.76. The molecule has 8 heteroatoms. The predicted molar refractivity (Wildman–Crippen MR) is 92.9 cm³/mol. The molecule has 26 heavy (non-hydrogen) atoms. The number of nitrogens with zero attached hydrogens (tertiary/aromatic N) is 1. The Bertz CT molecular complexity index is 719. The lowest BCUT2D eigenvalue weighted by Crippen LogP contribution is -2.16. The van der Waals surface area contributed by atoms with Gasteiger partial charge in [0, 0.05) is 5.69 Å². The third-order valence-electron chi connectivity index (χ3n) is 3.03. The van der Waals surface area contributed by atoms with Gasteiger partial charge >= 0.3 is 6.61 Å². The molecule has 0 saturated heterocycles. The molecule has 0 radical (unpaired) electrons. The number of carbonyl (C=O) groups is 1. The maximum atomic E-state index is 12.1. The Balaban J connectivity index is 1.74. The Morgan fingerprint density at radius 3 is 2.38 bits per heavy atom. The van der Waals surface area contributed by atoms with E-state index >= 15 is 0 Å². The van der Waals surface area contributed by atoms with Crippen LogP contribution in [-0.4, -0.2) is 31.9 Å². The van der Waals surface area contributed by atoms with E-state index < -0.39 is 12.5 Å². The number of hydrogen-bond donors (Lipinski definition) is 1. The molecule has 0 aliphatic heterocycles. The quantitative estimate of drug-likeness (QED) is 0.544. The molecule has 0 aliphatic carbocycles. The Labute approximate surface area is 149 Å². The zero-order valence-electron chi connectivity index (χ0n) is 14.0. The molecule has 0 unspecified atom stereocenters. The van der Waals surface area contributed by atoms with Crippen LogP contribution in [0.5, 0.6) is 11.5 Å². The topological polar surface area (TPSA) is 69.2 Å². The molecule has 0 saturated carbocycles. The van der Waals surface area contributed by atoms with E-state index in [0.717, 1.165) is 11.3 Å². The molecule has 0 spiro atoms. The summed E-state index contributed by atoms with van der Waals surface area (Å²) in [4.78, 5) is 16.7. The van der Waals surface area contributed by atoms with Crippen LogP contribution in [0.1, 0.15) is 12.5 Å². The molecule has 138 valence electrons. The van der Waals surface area contributed by atoms with Crippen LogP contribution in [0.25, 0.3) is 0 Å². The number of alkyl halides is 2. The largest absolute Gasteiger partial charge is 0.494 e. The van der Waals surface area contributed by atoms with E-state index in [2.05, 4.69) is 15.2 Å². The second-order valence-electron chi connectivity index (χ2n) is 4.96. The first-order valence-electron chi connectivity index (χ1n) is 7.79. The molecule has 0 atom stereocenters. The summed E-state index contributed by atoms with van der Waals surface area (Å²) >= 11 is 0. The fourth-order valence-corrected chi connectivity index (χ4v) is 1.93. The molecule has 2 aromatic rings. The smallest absolute Gasteiger partial charge is 0.387 e. The minimum atomic E-state index is -2.89. The van der Waals surface area contributed by atoms with Crippen molar-refractivity contribution in [3.05, 3.63) is 54.1 Å². The molecule has 0 fully saturated rings. The Kier molecular flexibility index (Phi) is 7.35. The van der Waals surface area contributed by atoms with E-state index in [-0.39, 0.29) is 12.4 Å². The SMILES string of the molecule is CCOc1ccc(/C=N\OCC(=O)Nc2ccc(OC(F)F)cc2)cc1. The number of ether oxygens (including phenoxy) is 2. The van der Waals surface area contributed by atoms with E-state index in [1.54, 1.807) is 24.3 Å². The first-order chi connectivity index (χ1) is 12.6. The standard InChI is InChI=1S/C18H18F2N2O4/c1-2-24-15-7-3-13(4-8-15)11-21-25-12-17(23)22-14-5-9-16(10-6-14)26-18(19)20/h3-11,18H,2,12H2,1H3,(H,22,23)/b21-11-. The van der Waals surface area contributed by atoms with E-state index in [0.29, 0.717) is 12.3 Å². The van der Waals surface area contributed by atoms with Crippen LogP contribution in [-0.2, 0) is 9.63 Å². The number of amides is 1. The number of anilines is 1. The van der Waals surface area contributed by atoms with Gasteiger partial charge in [0.15, 0.2) is 6.61 Å². The van der Waals surface area contributed by atoms with Crippen molar-refractivity contribution in [1.29, 1.82) is 0 Å². The third-order valence-corrected chi connectivity index (χ3v) is 3.03. The van der Waals surface area contributed by atoms with Gasteiger partial charge in [-0.05, 0) is 61.0 Å². The van der Waals surface area contributed by atoms with Gasteiger partial charge in [0.1, 0.15) is 11.5 Å². The van der Waals surface area contributed by atoms with Gasteiger partial charge in [-0.25, -0.2) is 0 Å². The summed E-state index contributed by atoms with van der Waals surface area (Å²) in [5, 5.41) is 6.26. The van der Waals surface area contributed by atoms with Crippen LogP contribution in [0, 0.1) is 0 Å². The van der Waals surface area contributed by atoms with Crippen LogP contribution in [0.3, 0.4) is 0 Å². The Morgan fingerprint density at radius 1 is 1.12 bits per heavy atom. The average Bonchev–Trinajstić information content (AvgIpc) is 2.62. The van der Waals surface area contributed by atoms with E-state index in [4.69, 9.17) is 9.57 Å². The fraction of sp³-hybridized carbons (Fsp3) is 0.222. The van der Waals surface area contributed by atoms with Gasteiger partial charge in [-0.2, -0.15) is 8.78 Å². The maximum absolute atomic E-state index is 12.1. The summed E-state index contributed by atoms with van der Waals surface area (Å²) in [5.41, 5.74) is 1.22. The Hall–Kier alpha value is -3.16. The molecule has 0 heterocycles. The van der Waals surface area contributed by atoms with E-state index in [1.807, 2.05) is 6.92 Å². The van der Waals surface area contributed by atoms with Crippen molar-refractivity contribution in [2.24, 2.45) is 5.16 Å². The van der Waals surface area contributed by atoms with Gasteiger partial charge in [0.25, 0.3) is 5.91 Å². The normalized spacial score (nSPS) is 10.8. The lowest BCUT2D eigenvalue weighted by Gasteiger charge is -2.07. The van der Waals surface area contributed by atoms with Crippen LogP contribution < -0.4 is 14.8 Å². The Morgan fingerprint density at radius 2 is 1.77 bits per heavy atom. The highest BCUT2D eigenvalue weighted by molar-refractivity contribution is 5.91. The average molecular weight is 364 g/mol. The van der Waals surface area contributed by atoms with E-state index in [1.165, 1.54) is 30.5 Å². The summed E-state index contributed by atoms with van der Waals surface area (Å²) in [6.45, 7) is -0.687. The van der Waals surface area contributed by atoms with Crippen LogP contribution in [0.4, 0.5) is 14.5 Å². The zero-order valence-corrected chi connectivity index (χ0v) is 14.0. The van der Waals surface area contributed by atoms with Crippen molar-refractivity contribution in [2.45, 2.75) is 13.5 Å². The van der Waals surface area contributed by atoms with Gasteiger partial charge in [0.05, 0.1) is 12.8 Å². The minimum absolute atomic E-state index is 0.00852. The van der Waals surface area contributed by atoms with Crippen LogP contribution in [0.2, 0.25) is 0 Å². The second-order valence-corrected chi connectivity index (χ2v) is 4.96. The molecular weight excluding hydrogens is 346 g/mol. The second kappa shape index (κ2) is 9.97. The number of nitrogens with one attached hydrogen (secondary N) is 1. The van der Waals surface area contributed by atoms with Crippen molar-refractivity contribution in [2.75, 3.05) is 18.5 Å². The number of benzene rings is 2. The van der Waals surface area contributed by atoms with Crippen molar-refractivity contribution in [3.63, 3.8) is 0 Å². The molecule has 1 amide bonds. The monoisotopic (exact) mass is 364 g/mol. The molecule has 2 rings (SSSR count). The molecule has 0 aliphatic rings. The van der Waals surface area contributed by atoms with Crippen molar-refractivity contribution >= 4 is 17.8 Å². The summed E-state index contributed by atoms with van der Waals surface area (Å²) in [7, 11) is 0. The highest BCUT2D eigenvalue weighted by atomic mass is 19.3. The molecule has 0 aromatic heterocycles. The summed E-state index contributed by atoms with van der Waals surface area (Å²) < 4.78 is 33.7.